The van der Waals surface area contributed by atoms with Gasteiger partial charge in [0, 0.05) is 15.2 Å². The number of thiophene rings is 1. The van der Waals surface area contributed by atoms with Crippen molar-refractivity contribution in [1.82, 2.24) is 0 Å². The Morgan fingerprint density at radius 2 is 2.21 bits per heavy atom. The number of rotatable bonds is 2. The molecule has 1 aromatic heterocycles. The molecular formula is C11H12OS2. The lowest BCUT2D eigenvalue weighted by Crippen LogP contribution is -1.70. The fraction of sp³-hybridized carbons (Fsp3) is 0.273. The second-order valence-electron chi connectivity index (χ2n) is 3.06. The molecular weight excluding hydrogens is 212 g/mol. The minimum atomic E-state index is 0.475. The summed E-state index contributed by atoms with van der Waals surface area (Å²) in [6, 6.07) is 6.09. The summed E-state index contributed by atoms with van der Waals surface area (Å²) >= 11 is 3.43. The van der Waals surface area contributed by atoms with Crippen LogP contribution in [-0.4, -0.2) is 11.4 Å². The van der Waals surface area contributed by atoms with Crippen molar-refractivity contribution in [2.45, 2.75) is 18.2 Å². The Morgan fingerprint density at radius 1 is 1.43 bits per heavy atom. The first-order chi connectivity index (χ1) is 6.77. The van der Waals surface area contributed by atoms with Gasteiger partial charge in [0.25, 0.3) is 0 Å². The SMILES string of the molecule is CCc1sc2c(SC)cccc2c1O. The Bertz CT molecular complexity index is 460. The molecule has 1 nitrogen and oxygen atoms in total. The van der Waals surface area contributed by atoms with E-state index in [9.17, 15) is 5.11 Å². The maximum atomic E-state index is 9.91. The molecule has 0 spiro atoms. The maximum Gasteiger partial charge on any atom is 0.137 e. The van der Waals surface area contributed by atoms with Crippen LogP contribution < -0.4 is 0 Å². The first-order valence-electron chi connectivity index (χ1n) is 4.55. The number of benzene rings is 1. The molecule has 0 aliphatic heterocycles. The lowest BCUT2D eigenvalue weighted by Gasteiger charge is -1.96. The molecule has 0 saturated carbocycles. The third kappa shape index (κ3) is 1.41. The first-order valence-corrected chi connectivity index (χ1v) is 6.59. The van der Waals surface area contributed by atoms with Crippen LogP contribution in [0.2, 0.25) is 0 Å². The average molecular weight is 224 g/mol. The Kier molecular flexibility index (Phi) is 2.70. The van der Waals surface area contributed by atoms with Crippen LogP contribution in [0, 0.1) is 0 Å². The summed E-state index contributed by atoms with van der Waals surface area (Å²) in [4.78, 5) is 2.34. The normalized spacial score (nSPS) is 11.0. The van der Waals surface area contributed by atoms with Gasteiger partial charge in [0.05, 0.1) is 4.70 Å². The summed E-state index contributed by atoms with van der Waals surface area (Å²) < 4.78 is 1.22. The maximum absolute atomic E-state index is 9.91. The van der Waals surface area contributed by atoms with E-state index in [1.54, 1.807) is 23.1 Å². The minimum Gasteiger partial charge on any atom is -0.506 e. The van der Waals surface area contributed by atoms with E-state index in [1.165, 1.54) is 9.60 Å². The van der Waals surface area contributed by atoms with Crippen molar-refractivity contribution < 1.29 is 5.11 Å². The van der Waals surface area contributed by atoms with E-state index in [-0.39, 0.29) is 0 Å². The number of fused-ring (bicyclic) bond motifs is 1. The van der Waals surface area contributed by atoms with E-state index in [1.807, 2.05) is 12.1 Å². The zero-order valence-electron chi connectivity index (χ0n) is 8.20. The molecule has 0 bridgehead atoms. The monoisotopic (exact) mass is 224 g/mol. The molecule has 1 N–H and O–H groups in total. The van der Waals surface area contributed by atoms with E-state index in [2.05, 4.69) is 19.2 Å². The molecule has 0 atom stereocenters. The average Bonchev–Trinajstić information content (AvgIpc) is 2.55. The van der Waals surface area contributed by atoms with Crippen molar-refractivity contribution in [1.29, 1.82) is 0 Å². The van der Waals surface area contributed by atoms with Crippen LogP contribution in [0.5, 0.6) is 5.75 Å². The lowest BCUT2D eigenvalue weighted by molar-refractivity contribution is 0.478. The summed E-state index contributed by atoms with van der Waals surface area (Å²) in [7, 11) is 0. The molecule has 0 radical (unpaired) electrons. The van der Waals surface area contributed by atoms with Crippen molar-refractivity contribution in [2.24, 2.45) is 0 Å². The Balaban J connectivity index is 2.77. The van der Waals surface area contributed by atoms with Gasteiger partial charge < -0.3 is 5.11 Å². The van der Waals surface area contributed by atoms with E-state index < -0.39 is 0 Å². The molecule has 1 aromatic carbocycles. The highest BCUT2D eigenvalue weighted by molar-refractivity contribution is 7.99. The van der Waals surface area contributed by atoms with Crippen molar-refractivity contribution in [3.05, 3.63) is 23.1 Å². The standard InChI is InChI=1S/C11H12OS2/c1-3-8-10(12)7-5-4-6-9(13-2)11(7)14-8/h4-6,12H,3H2,1-2H3. The molecule has 0 unspecified atom stereocenters. The van der Waals surface area contributed by atoms with E-state index >= 15 is 0 Å². The molecule has 2 rings (SSSR count). The second-order valence-corrected chi connectivity index (χ2v) is 5.02. The number of aryl methyl sites for hydroxylation is 1. The van der Waals surface area contributed by atoms with Gasteiger partial charge in [-0.3, -0.25) is 0 Å². The zero-order chi connectivity index (χ0) is 10.1. The Labute approximate surface area is 91.8 Å². The quantitative estimate of drug-likeness (QED) is 0.781. The van der Waals surface area contributed by atoms with Crippen LogP contribution >= 0.6 is 23.1 Å². The van der Waals surface area contributed by atoms with Crippen LogP contribution in [0.3, 0.4) is 0 Å². The molecule has 3 heteroatoms. The highest BCUT2D eigenvalue weighted by atomic mass is 32.2. The van der Waals surface area contributed by atoms with Crippen LogP contribution in [0.25, 0.3) is 10.1 Å². The fourth-order valence-electron chi connectivity index (χ4n) is 1.53. The number of hydrogen-bond acceptors (Lipinski definition) is 3. The highest BCUT2D eigenvalue weighted by Crippen LogP contribution is 2.41. The molecule has 74 valence electrons. The Morgan fingerprint density at radius 3 is 2.86 bits per heavy atom. The molecule has 0 amide bonds. The van der Waals surface area contributed by atoms with Gasteiger partial charge >= 0.3 is 0 Å². The third-order valence-corrected chi connectivity index (χ3v) is 4.55. The summed E-state index contributed by atoms with van der Waals surface area (Å²) in [5, 5.41) is 10.9. The van der Waals surface area contributed by atoms with E-state index in [0.717, 1.165) is 16.7 Å². The van der Waals surface area contributed by atoms with Crippen LogP contribution in [0.1, 0.15) is 11.8 Å². The van der Waals surface area contributed by atoms with Gasteiger partial charge in [-0.05, 0) is 24.8 Å². The van der Waals surface area contributed by atoms with Crippen molar-refractivity contribution in [2.75, 3.05) is 6.26 Å². The topological polar surface area (TPSA) is 20.2 Å². The Hall–Kier alpha value is -0.670. The van der Waals surface area contributed by atoms with Crippen LogP contribution in [0.15, 0.2) is 23.1 Å². The van der Waals surface area contributed by atoms with Gasteiger partial charge in [0.2, 0.25) is 0 Å². The lowest BCUT2D eigenvalue weighted by atomic mass is 10.2. The van der Waals surface area contributed by atoms with Crippen molar-refractivity contribution >= 4 is 33.2 Å². The molecule has 14 heavy (non-hydrogen) atoms. The predicted molar refractivity (Wildman–Crippen MR) is 64.6 cm³/mol. The molecule has 0 aliphatic carbocycles. The smallest absolute Gasteiger partial charge is 0.137 e. The summed E-state index contributed by atoms with van der Waals surface area (Å²) in [5.41, 5.74) is 0. The highest BCUT2D eigenvalue weighted by Gasteiger charge is 2.11. The number of thioether (sulfide) groups is 1. The van der Waals surface area contributed by atoms with Crippen LogP contribution in [-0.2, 0) is 6.42 Å². The summed E-state index contributed by atoms with van der Waals surface area (Å²) in [6.45, 7) is 2.07. The van der Waals surface area contributed by atoms with Crippen molar-refractivity contribution in [3.8, 4) is 5.75 Å². The second kappa shape index (κ2) is 3.83. The van der Waals surface area contributed by atoms with Crippen molar-refractivity contribution in [3.63, 3.8) is 0 Å². The number of aromatic hydroxyl groups is 1. The van der Waals surface area contributed by atoms with Gasteiger partial charge in [-0.15, -0.1) is 23.1 Å². The third-order valence-electron chi connectivity index (χ3n) is 2.26. The van der Waals surface area contributed by atoms with Gasteiger partial charge in [-0.2, -0.15) is 0 Å². The number of hydrogen-bond donors (Lipinski definition) is 1. The van der Waals surface area contributed by atoms with Gasteiger partial charge in [-0.25, -0.2) is 0 Å². The molecule has 0 aliphatic rings. The van der Waals surface area contributed by atoms with Crippen LogP contribution in [0.4, 0.5) is 0 Å². The first kappa shape index (κ1) is 9.87. The summed E-state index contributed by atoms with van der Waals surface area (Å²) in [5.74, 6) is 0.475. The predicted octanol–water partition coefficient (Wildman–Crippen LogP) is 3.89. The molecule has 0 fully saturated rings. The molecule has 0 saturated heterocycles. The van der Waals surface area contributed by atoms with Gasteiger partial charge in [-0.1, -0.05) is 13.0 Å². The minimum absolute atomic E-state index is 0.475. The van der Waals surface area contributed by atoms with Gasteiger partial charge in [0.15, 0.2) is 0 Å². The fourth-order valence-corrected chi connectivity index (χ4v) is 3.46. The van der Waals surface area contributed by atoms with Gasteiger partial charge in [0.1, 0.15) is 5.75 Å². The molecule has 2 aromatic rings. The summed E-state index contributed by atoms with van der Waals surface area (Å²) in [6.07, 6.45) is 2.97. The zero-order valence-corrected chi connectivity index (χ0v) is 9.84. The van der Waals surface area contributed by atoms with E-state index in [0.29, 0.717) is 5.75 Å². The largest absolute Gasteiger partial charge is 0.506 e. The van der Waals surface area contributed by atoms with E-state index in [4.69, 9.17) is 0 Å². The molecule has 1 heterocycles.